The van der Waals surface area contributed by atoms with E-state index in [1.54, 1.807) is 18.4 Å². The number of aliphatic hydroxyl groups is 1. The lowest BCUT2D eigenvalue weighted by atomic mass is 9.77. The summed E-state index contributed by atoms with van der Waals surface area (Å²) in [6, 6.07) is 7.85. The maximum Gasteiger partial charge on any atom is 0.217 e. The Bertz CT molecular complexity index is 840. The Hall–Kier alpha value is -1.96. The van der Waals surface area contributed by atoms with Crippen LogP contribution in [0.15, 0.2) is 30.5 Å². The van der Waals surface area contributed by atoms with Gasteiger partial charge in [0.15, 0.2) is 0 Å². The number of carbonyl (C=O) groups excluding carboxylic acids is 1. The summed E-state index contributed by atoms with van der Waals surface area (Å²) < 4.78 is 5.46. The fourth-order valence-electron chi connectivity index (χ4n) is 4.62. The molecule has 7 heteroatoms. The van der Waals surface area contributed by atoms with Gasteiger partial charge in [-0.15, -0.1) is 11.3 Å². The SMILES string of the molecule is COc1ccccc1-c1ncc(CN2C[C@H]3C[C@@H](NC(C)=O)[C@H](O)C[C@H]3C2)s1. The van der Waals surface area contributed by atoms with Gasteiger partial charge in [0.2, 0.25) is 5.91 Å². The molecule has 1 aliphatic carbocycles. The lowest BCUT2D eigenvalue weighted by molar-refractivity contribution is -0.121. The number of amides is 1. The Morgan fingerprint density at radius 2 is 2.07 bits per heavy atom. The Labute approximate surface area is 169 Å². The highest BCUT2D eigenvalue weighted by Gasteiger charge is 2.41. The van der Waals surface area contributed by atoms with Crippen LogP contribution in [0.2, 0.25) is 0 Å². The molecule has 0 bridgehead atoms. The lowest BCUT2D eigenvalue weighted by Gasteiger charge is -2.35. The van der Waals surface area contributed by atoms with Gasteiger partial charge in [-0.1, -0.05) is 12.1 Å². The van der Waals surface area contributed by atoms with Crippen molar-refractivity contribution in [1.29, 1.82) is 0 Å². The number of likely N-dealkylation sites (tertiary alicyclic amines) is 1. The summed E-state index contributed by atoms with van der Waals surface area (Å²) in [5.41, 5.74) is 1.03. The third-order valence-electron chi connectivity index (χ3n) is 5.88. The third-order valence-corrected chi connectivity index (χ3v) is 6.89. The molecule has 2 aliphatic rings. The maximum absolute atomic E-state index is 11.4. The molecule has 6 nitrogen and oxygen atoms in total. The van der Waals surface area contributed by atoms with Gasteiger partial charge in [0.05, 0.1) is 24.8 Å². The molecular formula is C21H27N3O3S. The van der Waals surface area contributed by atoms with Gasteiger partial charge in [-0.05, 0) is 36.8 Å². The van der Waals surface area contributed by atoms with E-state index in [1.807, 2.05) is 30.5 Å². The Kier molecular flexibility index (Phi) is 5.66. The molecule has 2 fully saturated rings. The minimum Gasteiger partial charge on any atom is -0.496 e. The van der Waals surface area contributed by atoms with Gasteiger partial charge in [0.1, 0.15) is 10.8 Å². The number of benzene rings is 1. The Balaban J connectivity index is 1.40. The van der Waals surface area contributed by atoms with E-state index in [-0.39, 0.29) is 11.9 Å². The third kappa shape index (κ3) is 4.06. The zero-order valence-electron chi connectivity index (χ0n) is 16.3. The molecule has 2 heterocycles. The number of aliphatic hydroxyl groups excluding tert-OH is 1. The smallest absolute Gasteiger partial charge is 0.217 e. The van der Waals surface area contributed by atoms with Crippen molar-refractivity contribution in [2.45, 2.75) is 38.5 Å². The number of hydrogen-bond donors (Lipinski definition) is 2. The van der Waals surface area contributed by atoms with Gasteiger partial charge in [-0.2, -0.15) is 0 Å². The second-order valence-corrected chi connectivity index (χ2v) is 9.01. The first kappa shape index (κ1) is 19.4. The molecule has 1 aromatic heterocycles. The summed E-state index contributed by atoms with van der Waals surface area (Å²) >= 11 is 1.71. The van der Waals surface area contributed by atoms with Crippen molar-refractivity contribution < 1.29 is 14.6 Å². The average molecular weight is 402 g/mol. The molecule has 0 spiro atoms. The van der Waals surface area contributed by atoms with Crippen LogP contribution in [0.1, 0.15) is 24.6 Å². The number of para-hydroxylation sites is 1. The fraction of sp³-hybridized carbons (Fsp3) is 0.524. The highest BCUT2D eigenvalue weighted by Crippen LogP contribution is 2.38. The van der Waals surface area contributed by atoms with Crippen LogP contribution in [0, 0.1) is 11.8 Å². The number of nitrogens with one attached hydrogen (secondary N) is 1. The number of carbonyl (C=O) groups is 1. The molecule has 1 aliphatic heterocycles. The van der Waals surface area contributed by atoms with Crippen molar-refractivity contribution in [1.82, 2.24) is 15.2 Å². The Morgan fingerprint density at radius 3 is 2.82 bits per heavy atom. The van der Waals surface area contributed by atoms with Crippen molar-refractivity contribution in [3.63, 3.8) is 0 Å². The first-order chi connectivity index (χ1) is 13.5. The van der Waals surface area contributed by atoms with Crippen molar-refractivity contribution in [3.8, 4) is 16.3 Å². The highest BCUT2D eigenvalue weighted by atomic mass is 32.1. The second kappa shape index (κ2) is 8.19. The number of methoxy groups -OCH3 is 1. The van der Waals surface area contributed by atoms with E-state index in [9.17, 15) is 9.90 Å². The highest BCUT2D eigenvalue weighted by molar-refractivity contribution is 7.15. The topological polar surface area (TPSA) is 74.7 Å². The normalized spacial score (nSPS) is 27.4. The lowest BCUT2D eigenvalue weighted by Crippen LogP contribution is -2.48. The minimum absolute atomic E-state index is 0.0640. The summed E-state index contributed by atoms with van der Waals surface area (Å²) in [7, 11) is 1.68. The van der Waals surface area contributed by atoms with Gasteiger partial charge in [0.25, 0.3) is 0 Å². The van der Waals surface area contributed by atoms with Gasteiger partial charge >= 0.3 is 0 Å². The largest absolute Gasteiger partial charge is 0.496 e. The number of ether oxygens (including phenoxy) is 1. The minimum atomic E-state index is -0.439. The van der Waals surface area contributed by atoms with Crippen LogP contribution in [0.5, 0.6) is 5.75 Å². The average Bonchev–Trinajstić information content (AvgIpc) is 3.28. The van der Waals surface area contributed by atoms with Crippen molar-refractivity contribution in [2.75, 3.05) is 20.2 Å². The van der Waals surface area contributed by atoms with Gasteiger partial charge in [-0.3, -0.25) is 9.69 Å². The van der Waals surface area contributed by atoms with Crippen molar-refractivity contribution in [3.05, 3.63) is 35.3 Å². The van der Waals surface area contributed by atoms with Gasteiger partial charge < -0.3 is 15.2 Å². The van der Waals surface area contributed by atoms with E-state index in [4.69, 9.17) is 4.74 Å². The zero-order chi connectivity index (χ0) is 19.7. The fourth-order valence-corrected chi connectivity index (χ4v) is 5.60. The number of nitrogens with zero attached hydrogens (tertiary/aromatic N) is 2. The van der Waals surface area contributed by atoms with Crippen LogP contribution in [0.3, 0.4) is 0 Å². The van der Waals surface area contributed by atoms with Crippen LogP contribution in [0.4, 0.5) is 0 Å². The molecule has 4 atom stereocenters. The maximum atomic E-state index is 11.4. The molecule has 150 valence electrons. The first-order valence-electron chi connectivity index (χ1n) is 9.79. The molecule has 4 rings (SSSR count). The number of aromatic nitrogens is 1. The molecule has 1 saturated carbocycles. The summed E-state index contributed by atoms with van der Waals surface area (Å²) in [6.07, 6.45) is 3.15. The summed E-state index contributed by atoms with van der Waals surface area (Å²) in [4.78, 5) is 19.7. The van der Waals surface area contributed by atoms with Crippen LogP contribution in [0.25, 0.3) is 10.6 Å². The second-order valence-electron chi connectivity index (χ2n) is 7.89. The molecule has 1 saturated heterocycles. The van der Waals surface area contributed by atoms with E-state index in [0.29, 0.717) is 11.8 Å². The molecule has 1 aromatic carbocycles. The van der Waals surface area contributed by atoms with Crippen LogP contribution in [-0.2, 0) is 11.3 Å². The summed E-state index contributed by atoms with van der Waals surface area (Å²) in [6.45, 7) is 4.40. The predicted molar refractivity (Wildman–Crippen MR) is 109 cm³/mol. The molecule has 0 unspecified atom stereocenters. The zero-order valence-corrected chi connectivity index (χ0v) is 17.1. The standard InChI is InChI=1S/C21H27N3O3S/c1-13(25)23-18-7-14-10-24(11-15(14)8-19(18)26)12-16-9-22-21(28-16)17-5-3-4-6-20(17)27-2/h3-6,9,14-15,18-19,26H,7-8,10-12H2,1-2H3,(H,23,25)/t14-,15+,18-,19-/m1/s1. The van der Waals surface area contributed by atoms with E-state index in [0.717, 1.165) is 48.8 Å². The van der Waals surface area contributed by atoms with E-state index >= 15 is 0 Å². The predicted octanol–water partition coefficient (Wildman–Crippen LogP) is 2.53. The number of thiazole rings is 1. The van der Waals surface area contributed by atoms with Crippen LogP contribution in [-0.4, -0.2) is 53.2 Å². The van der Waals surface area contributed by atoms with Crippen molar-refractivity contribution >= 4 is 17.2 Å². The van der Waals surface area contributed by atoms with Crippen molar-refractivity contribution in [2.24, 2.45) is 11.8 Å². The first-order valence-corrected chi connectivity index (χ1v) is 10.6. The summed E-state index contributed by atoms with van der Waals surface area (Å²) in [5, 5.41) is 14.3. The molecular weight excluding hydrogens is 374 g/mol. The number of fused-ring (bicyclic) bond motifs is 1. The summed E-state index contributed by atoms with van der Waals surface area (Å²) in [5.74, 6) is 1.81. The molecule has 2 N–H and O–H groups in total. The van der Waals surface area contributed by atoms with E-state index < -0.39 is 6.10 Å². The number of rotatable bonds is 5. The van der Waals surface area contributed by atoms with E-state index in [2.05, 4.69) is 15.2 Å². The van der Waals surface area contributed by atoms with Crippen LogP contribution >= 0.6 is 11.3 Å². The van der Waals surface area contributed by atoms with Crippen LogP contribution < -0.4 is 10.1 Å². The Morgan fingerprint density at radius 1 is 1.32 bits per heavy atom. The monoisotopic (exact) mass is 401 g/mol. The molecule has 28 heavy (non-hydrogen) atoms. The molecule has 1 amide bonds. The van der Waals surface area contributed by atoms with Gasteiger partial charge in [0, 0.05) is 37.6 Å². The van der Waals surface area contributed by atoms with Gasteiger partial charge in [-0.25, -0.2) is 4.98 Å². The molecule has 2 aromatic rings. The van der Waals surface area contributed by atoms with E-state index in [1.165, 1.54) is 11.8 Å². The molecule has 0 radical (unpaired) electrons. The quantitative estimate of drug-likeness (QED) is 0.805. The number of hydrogen-bond acceptors (Lipinski definition) is 6.